The molecule has 0 aliphatic heterocycles. The summed E-state index contributed by atoms with van der Waals surface area (Å²) in [5.41, 5.74) is 2.69. The number of hydrogen-bond acceptors (Lipinski definition) is 4. The average molecular weight is 339 g/mol. The average Bonchev–Trinajstić information content (AvgIpc) is 2.75. The molecule has 0 saturated heterocycles. The van der Waals surface area contributed by atoms with E-state index in [4.69, 9.17) is 0 Å². The minimum absolute atomic E-state index is 0.0232. The highest BCUT2D eigenvalue weighted by Gasteiger charge is 2.28. The van der Waals surface area contributed by atoms with Gasteiger partial charge in [0.05, 0.1) is 23.1 Å². The normalized spacial score (nSPS) is 22.8. The van der Waals surface area contributed by atoms with Crippen molar-refractivity contribution in [3.8, 4) is 0 Å². The first-order valence-electron chi connectivity index (χ1n) is 8.62. The maximum atomic E-state index is 12.5. The van der Waals surface area contributed by atoms with Crippen molar-refractivity contribution in [1.29, 1.82) is 0 Å². The molecule has 1 heterocycles. The van der Waals surface area contributed by atoms with Crippen LogP contribution in [0.2, 0.25) is 0 Å². The molecule has 130 valence electrons. The predicted molar refractivity (Wildman–Crippen MR) is 98.1 cm³/mol. The molecular formula is C17H30N4OS. The number of hydrogen-bond donors (Lipinski definition) is 2. The van der Waals surface area contributed by atoms with Gasteiger partial charge in [-0.3, -0.25) is 9.48 Å². The molecule has 6 heteroatoms. The van der Waals surface area contributed by atoms with Crippen molar-refractivity contribution in [2.45, 2.75) is 70.7 Å². The number of amides is 1. The van der Waals surface area contributed by atoms with Crippen molar-refractivity contribution in [2.75, 3.05) is 11.1 Å². The fourth-order valence-corrected chi connectivity index (χ4v) is 4.49. The molecular weight excluding hydrogens is 308 g/mol. The van der Waals surface area contributed by atoms with Crippen LogP contribution in [-0.2, 0) is 11.8 Å². The first-order valence-corrected chi connectivity index (χ1v) is 9.67. The standard InChI is InChI=1S/C17H30N4OS/c1-6-23-15-10-8-7-9-14(15)18-12(3)17(22)19-16-11(2)20-21(5)13(16)4/h12,14-15,18H,6-10H2,1-5H3,(H,19,22)/t12-,14-,15+/m0/s1. The lowest BCUT2D eigenvalue weighted by Crippen LogP contribution is -2.49. The highest BCUT2D eigenvalue weighted by molar-refractivity contribution is 7.99. The van der Waals surface area contributed by atoms with E-state index in [9.17, 15) is 4.79 Å². The van der Waals surface area contributed by atoms with E-state index in [1.165, 1.54) is 25.7 Å². The van der Waals surface area contributed by atoms with E-state index in [-0.39, 0.29) is 11.9 Å². The number of thioether (sulfide) groups is 1. The molecule has 0 spiro atoms. The van der Waals surface area contributed by atoms with Gasteiger partial charge in [-0.15, -0.1) is 0 Å². The second-order valence-electron chi connectivity index (χ2n) is 6.43. The van der Waals surface area contributed by atoms with Crippen molar-refractivity contribution >= 4 is 23.4 Å². The summed E-state index contributed by atoms with van der Waals surface area (Å²) in [5.74, 6) is 1.16. The summed E-state index contributed by atoms with van der Waals surface area (Å²) in [6.07, 6.45) is 4.99. The number of nitrogens with one attached hydrogen (secondary N) is 2. The molecule has 3 atom stereocenters. The lowest BCUT2D eigenvalue weighted by atomic mass is 9.94. The molecule has 1 amide bonds. The zero-order valence-corrected chi connectivity index (χ0v) is 15.8. The summed E-state index contributed by atoms with van der Waals surface area (Å²) in [7, 11) is 1.90. The Hall–Kier alpha value is -1.01. The van der Waals surface area contributed by atoms with Gasteiger partial charge in [-0.05, 0) is 39.4 Å². The van der Waals surface area contributed by atoms with Crippen molar-refractivity contribution in [3.05, 3.63) is 11.4 Å². The van der Waals surface area contributed by atoms with E-state index in [1.54, 1.807) is 4.68 Å². The number of carbonyl (C=O) groups is 1. The molecule has 1 aromatic heterocycles. The van der Waals surface area contributed by atoms with Gasteiger partial charge in [0.15, 0.2) is 0 Å². The van der Waals surface area contributed by atoms with Crippen LogP contribution in [0.3, 0.4) is 0 Å². The Morgan fingerprint density at radius 2 is 2.09 bits per heavy atom. The van der Waals surface area contributed by atoms with Gasteiger partial charge in [0.2, 0.25) is 5.91 Å². The molecule has 5 nitrogen and oxygen atoms in total. The van der Waals surface area contributed by atoms with Gasteiger partial charge in [0, 0.05) is 18.3 Å². The highest BCUT2D eigenvalue weighted by Crippen LogP contribution is 2.29. The number of aromatic nitrogens is 2. The van der Waals surface area contributed by atoms with Crippen LogP contribution in [-0.4, -0.2) is 38.8 Å². The van der Waals surface area contributed by atoms with Crippen molar-refractivity contribution in [2.24, 2.45) is 7.05 Å². The van der Waals surface area contributed by atoms with Crippen molar-refractivity contribution in [3.63, 3.8) is 0 Å². The Morgan fingerprint density at radius 1 is 1.39 bits per heavy atom. The Bertz CT molecular complexity index is 541. The summed E-state index contributed by atoms with van der Waals surface area (Å²) < 4.78 is 1.80. The molecule has 1 aromatic rings. The molecule has 1 fully saturated rings. The van der Waals surface area contributed by atoms with Crippen LogP contribution in [0.5, 0.6) is 0 Å². The number of aryl methyl sites for hydroxylation is 2. The monoisotopic (exact) mass is 338 g/mol. The van der Waals surface area contributed by atoms with Crippen molar-refractivity contribution < 1.29 is 4.79 Å². The highest BCUT2D eigenvalue weighted by atomic mass is 32.2. The van der Waals surface area contributed by atoms with Gasteiger partial charge in [0.1, 0.15) is 0 Å². The lowest BCUT2D eigenvalue weighted by Gasteiger charge is -2.33. The maximum absolute atomic E-state index is 12.5. The molecule has 23 heavy (non-hydrogen) atoms. The molecule has 1 saturated carbocycles. The smallest absolute Gasteiger partial charge is 0.241 e. The van der Waals surface area contributed by atoms with Gasteiger partial charge in [0.25, 0.3) is 0 Å². The summed E-state index contributed by atoms with van der Waals surface area (Å²) in [5, 5.41) is 11.6. The first kappa shape index (κ1) is 18.3. The molecule has 0 unspecified atom stereocenters. The first-order chi connectivity index (χ1) is 10.9. The Morgan fingerprint density at radius 3 is 2.70 bits per heavy atom. The quantitative estimate of drug-likeness (QED) is 0.837. The number of rotatable bonds is 6. The predicted octanol–water partition coefficient (Wildman–Crippen LogP) is 3.02. The Labute approximate surface area is 144 Å². The third kappa shape index (κ3) is 4.51. The van der Waals surface area contributed by atoms with E-state index in [0.717, 1.165) is 22.8 Å². The van der Waals surface area contributed by atoms with Gasteiger partial charge < -0.3 is 10.6 Å². The minimum Gasteiger partial charge on any atom is -0.322 e. The third-order valence-corrected chi connectivity index (χ3v) is 6.02. The summed E-state index contributed by atoms with van der Waals surface area (Å²) in [6.45, 7) is 8.07. The second-order valence-corrected chi connectivity index (χ2v) is 7.95. The van der Waals surface area contributed by atoms with E-state index in [1.807, 2.05) is 39.6 Å². The van der Waals surface area contributed by atoms with E-state index in [0.29, 0.717) is 11.3 Å². The zero-order valence-electron chi connectivity index (χ0n) is 15.0. The minimum atomic E-state index is -0.197. The van der Waals surface area contributed by atoms with Crippen LogP contribution >= 0.6 is 11.8 Å². The van der Waals surface area contributed by atoms with Crippen LogP contribution in [0.1, 0.15) is 50.9 Å². The molecule has 1 aliphatic carbocycles. The van der Waals surface area contributed by atoms with E-state index in [2.05, 4.69) is 22.7 Å². The van der Waals surface area contributed by atoms with Gasteiger partial charge in [-0.1, -0.05) is 19.8 Å². The van der Waals surface area contributed by atoms with Crippen LogP contribution in [0.4, 0.5) is 5.69 Å². The van der Waals surface area contributed by atoms with E-state index < -0.39 is 0 Å². The maximum Gasteiger partial charge on any atom is 0.241 e. The van der Waals surface area contributed by atoms with Crippen LogP contribution < -0.4 is 10.6 Å². The molecule has 2 rings (SSSR count). The second kappa shape index (κ2) is 8.20. The molecule has 1 aliphatic rings. The third-order valence-electron chi connectivity index (χ3n) is 4.70. The van der Waals surface area contributed by atoms with Gasteiger partial charge in [-0.2, -0.15) is 16.9 Å². The molecule has 2 N–H and O–H groups in total. The molecule has 0 aromatic carbocycles. The van der Waals surface area contributed by atoms with Crippen molar-refractivity contribution in [1.82, 2.24) is 15.1 Å². The van der Waals surface area contributed by atoms with Gasteiger partial charge >= 0.3 is 0 Å². The lowest BCUT2D eigenvalue weighted by molar-refractivity contribution is -0.118. The summed E-state index contributed by atoms with van der Waals surface area (Å²) in [6, 6.07) is 0.239. The number of nitrogens with zero attached hydrogens (tertiary/aromatic N) is 2. The summed E-state index contributed by atoms with van der Waals surface area (Å²) >= 11 is 2.02. The SMILES string of the molecule is CCS[C@@H]1CCCC[C@@H]1N[C@@H](C)C(=O)Nc1c(C)nn(C)c1C. The van der Waals surface area contributed by atoms with Crippen LogP contribution in [0, 0.1) is 13.8 Å². The fourth-order valence-electron chi connectivity index (χ4n) is 3.28. The molecule has 0 bridgehead atoms. The zero-order chi connectivity index (χ0) is 17.0. The van der Waals surface area contributed by atoms with Crippen LogP contribution in [0.15, 0.2) is 0 Å². The van der Waals surface area contributed by atoms with Gasteiger partial charge in [-0.25, -0.2) is 0 Å². The summed E-state index contributed by atoms with van der Waals surface area (Å²) in [4.78, 5) is 12.5. The Balaban J connectivity index is 1.96. The topological polar surface area (TPSA) is 59.0 Å². The molecule has 0 radical (unpaired) electrons. The Kier molecular flexibility index (Phi) is 6.53. The number of carbonyl (C=O) groups excluding carboxylic acids is 1. The largest absolute Gasteiger partial charge is 0.322 e. The number of anilines is 1. The van der Waals surface area contributed by atoms with E-state index >= 15 is 0 Å². The van der Waals surface area contributed by atoms with Crippen LogP contribution in [0.25, 0.3) is 0 Å². The fraction of sp³-hybridized carbons (Fsp3) is 0.765.